The maximum atomic E-state index is 12.7. The molecule has 0 aromatic heterocycles. The van der Waals surface area contributed by atoms with Crippen molar-refractivity contribution in [1.82, 2.24) is 4.90 Å². The molecular weight excluding hydrogens is 386 g/mol. The molecule has 1 aliphatic heterocycles. The molecule has 1 atom stereocenters. The second kappa shape index (κ2) is 9.01. The van der Waals surface area contributed by atoms with Crippen LogP contribution in [0.1, 0.15) is 17.9 Å². The van der Waals surface area contributed by atoms with Crippen molar-refractivity contribution in [2.24, 2.45) is 0 Å². The lowest BCUT2D eigenvalue weighted by atomic mass is 10.2. The summed E-state index contributed by atoms with van der Waals surface area (Å²) >= 11 is 7.58. The van der Waals surface area contributed by atoms with Crippen LogP contribution in [0.2, 0.25) is 5.02 Å². The van der Waals surface area contributed by atoms with Crippen molar-refractivity contribution in [1.29, 1.82) is 0 Å². The van der Waals surface area contributed by atoms with Crippen LogP contribution >= 0.6 is 23.4 Å². The van der Waals surface area contributed by atoms with Gasteiger partial charge < -0.3 is 15.0 Å². The zero-order valence-corrected chi connectivity index (χ0v) is 16.3. The molecular formula is C19H20ClN3O3S. The van der Waals surface area contributed by atoms with E-state index in [1.54, 1.807) is 60.0 Å². The maximum Gasteiger partial charge on any atom is 0.411 e. The third-order valence-electron chi connectivity index (χ3n) is 3.97. The van der Waals surface area contributed by atoms with Crippen LogP contribution in [0, 0.1) is 0 Å². The summed E-state index contributed by atoms with van der Waals surface area (Å²) in [6.07, 6.45) is -0.482. The predicted octanol–water partition coefficient (Wildman–Crippen LogP) is 5.19. The van der Waals surface area contributed by atoms with Gasteiger partial charge in [0.2, 0.25) is 0 Å². The number of nitrogens with one attached hydrogen (secondary N) is 2. The fourth-order valence-corrected chi connectivity index (χ4v) is 4.08. The molecule has 1 heterocycles. The minimum Gasteiger partial charge on any atom is -0.450 e. The molecule has 1 fully saturated rings. The molecule has 2 aromatic rings. The molecule has 6 nitrogen and oxygen atoms in total. The number of rotatable bonds is 4. The molecule has 27 heavy (non-hydrogen) atoms. The number of hydrogen-bond donors (Lipinski definition) is 2. The third-order valence-corrected chi connectivity index (χ3v) is 5.48. The molecule has 8 heteroatoms. The molecule has 142 valence electrons. The van der Waals surface area contributed by atoms with E-state index in [2.05, 4.69) is 10.6 Å². The van der Waals surface area contributed by atoms with Crippen molar-refractivity contribution in [2.75, 3.05) is 29.5 Å². The Labute approximate surface area is 167 Å². The second-order valence-corrected chi connectivity index (χ2v) is 7.45. The Morgan fingerprint density at radius 1 is 1.11 bits per heavy atom. The van der Waals surface area contributed by atoms with E-state index in [1.807, 2.05) is 12.1 Å². The smallest absolute Gasteiger partial charge is 0.411 e. The first-order valence-electron chi connectivity index (χ1n) is 8.55. The normalized spacial score (nSPS) is 16.1. The summed E-state index contributed by atoms with van der Waals surface area (Å²) in [5.74, 6) is 0.863. The molecule has 0 unspecified atom stereocenters. The summed E-state index contributed by atoms with van der Waals surface area (Å²) < 4.78 is 4.86. The first kappa shape index (κ1) is 19.4. The number of urea groups is 1. The van der Waals surface area contributed by atoms with E-state index in [4.69, 9.17) is 16.3 Å². The minimum atomic E-state index is -0.482. The van der Waals surface area contributed by atoms with Crippen molar-refractivity contribution < 1.29 is 14.3 Å². The average molecular weight is 406 g/mol. The lowest BCUT2D eigenvalue weighted by Crippen LogP contribution is -2.34. The molecule has 0 saturated carbocycles. The van der Waals surface area contributed by atoms with Gasteiger partial charge in [-0.2, -0.15) is 0 Å². The first-order chi connectivity index (χ1) is 13.1. The number of carbonyl (C=O) groups is 2. The highest BCUT2D eigenvalue weighted by atomic mass is 35.5. The Balaban J connectivity index is 1.65. The fourth-order valence-electron chi connectivity index (χ4n) is 2.70. The van der Waals surface area contributed by atoms with Crippen LogP contribution in [0.4, 0.5) is 21.0 Å². The number of hydrogen-bond acceptors (Lipinski definition) is 4. The Kier molecular flexibility index (Phi) is 6.47. The van der Waals surface area contributed by atoms with Crippen LogP contribution in [0.5, 0.6) is 0 Å². The van der Waals surface area contributed by atoms with E-state index >= 15 is 0 Å². The molecule has 0 bridgehead atoms. The second-order valence-electron chi connectivity index (χ2n) is 5.82. The number of nitrogens with zero attached hydrogens (tertiary/aromatic N) is 1. The van der Waals surface area contributed by atoms with Gasteiger partial charge in [0.15, 0.2) is 0 Å². The van der Waals surface area contributed by atoms with Crippen molar-refractivity contribution in [2.45, 2.75) is 12.3 Å². The molecule has 0 aliphatic carbocycles. The van der Waals surface area contributed by atoms with Gasteiger partial charge in [0.1, 0.15) is 5.37 Å². The molecule has 3 amide bonds. The highest BCUT2D eigenvalue weighted by Crippen LogP contribution is 2.38. The monoisotopic (exact) mass is 405 g/mol. The van der Waals surface area contributed by atoms with Gasteiger partial charge in [-0.1, -0.05) is 23.7 Å². The minimum absolute atomic E-state index is 0.0751. The lowest BCUT2D eigenvalue weighted by molar-refractivity contribution is 0.168. The van der Waals surface area contributed by atoms with Gasteiger partial charge in [0, 0.05) is 28.7 Å². The highest BCUT2D eigenvalue weighted by Gasteiger charge is 2.30. The Hall–Kier alpha value is -2.38. The Morgan fingerprint density at radius 3 is 2.41 bits per heavy atom. The molecule has 1 aliphatic rings. The maximum absolute atomic E-state index is 12.7. The van der Waals surface area contributed by atoms with Crippen LogP contribution in [0.15, 0.2) is 48.5 Å². The van der Waals surface area contributed by atoms with E-state index in [0.717, 1.165) is 11.3 Å². The van der Waals surface area contributed by atoms with Gasteiger partial charge >= 0.3 is 12.1 Å². The van der Waals surface area contributed by atoms with Crippen molar-refractivity contribution >= 4 is 46.9 Å². The molecule has 0 radical (unpaired) electrons. The number of ether oxygens (including phenoxy) is 1. The van der Waals surface area contributed by atoms with Crippen molar-refractivity contribution in [3.05, 3.63) is 59.1 Å². The summed E-state index contributed by atoms with van der Waals surface area (Å²) in [5, 5.41) is 6.11. The molecule has 3 rings (SSSR count). The van der Waals surface area contributed by atoms with Crippen LogP contribution in [0.25, 0.3) is 0 Å². The Morgan fingerprint density at radius 2 is 1.74 bits per heavy atom. The van der Waals surface area contributed by atoms with Crippen molar-refractivity contribution in [3.8, 4) is 0 Å². The molecule has 2 aromatic carbocycles. The van der Waals surface area contributed by atoms with Crippen LogP contribution < -0.4 is 10.6 Å². The van der Waals surface area contributed by atoms with E-state index < -0.39 is 6.09 Å². The Bertz CT molecular complexity index is 799. The standard InChI is InChI=1S/C19H20ClN3O3S/c1-2-26-19(25)22-16-7-3-13(4-8-16)17-23(11-12-27-17)18(24)21-15-9-5-14(20)6-10-15/h3-10,17H,2,11-12H2,1H3,(H,21,24)(H,22,25)/t17-/m0/s1. The number of carbonyl (C=O) groups excluding carboxylic acids is 2. The molecule has 0 spiro atoms. The molecule has 2 N–H and O–H groups in total. The van der Waals surface area contributed by atoms with Gasteiger partial charge in [-0.15, -0.1) is 11.8 Å². The SMILES string of the molecule is CCOC(=O)Nc1ccc([C@@H]2SCCN2C(=O)Nc2ccc(Cl)cc2)cc1. The number of anilines is 2. The first-order valence-corrected chi connectivity index (χ1v) is 9.98. The highest BCUT2D eigenvalue weighted by molar-refractivity contribution is 7.99. The van der Waals surface area contributed by atoms with Crippen molar-refractivity contribution in [3.63, 3.8) is 0 Å². The van der Waals surface area contributed by atoms with E-state index in [0.29, 0.717) is 29.5 Å². The number of benzene rings is 2. The predicted molar refractivity (Wildman–Crippen MR) is 109 cm³/mol. The van der Waals surface area contributed by atoms with Crippen LogP contribution in [0.3, 0.4) is 0 Å². The number of amides is 3. The molecule has 1 saturated heterocycles. The van der Waals surface area contributed by atoms with Gasteiger partial charge in [-0.3, -0.25) is 5.32 Å². The zero-order chi connectivity index (χ0) is 19.2. The number of thioether (sulfide) groups is 1. The fraction of sp³-hybridized carbons (Fsp3) is 0.263. The topological polar surface area (TPSA) is 70.7 Å². The quantitative estimate of drug-likeness (QED) is 0.734. The van der Waals surface area contributed by atoms with Gasteiger partial charge in [0.05, 0.1) is 6.61 Å². The summed E-state index contributed by atoms with van der Waals surface area (Å²) in [6.45, 7) is 2.74. The van der Waals surface area contributed by atoms with E-state index in [-0.39, 0.29) is 11.4 Å². The van der Waals surface area contributed by atoms with Gasteiger partial charge in [-0.25, -0.2) is 9.59 Å². The largest absolute Gasteiger partial charge is 0.450 e. The summed E-state index contributed by atoms with van der Waals surface area (Å²) in [5.41, 5.74) is 2.35. The summed E-state index contributed by atoms with van der Waals surface area (Å²) in [7, 11) is 0. The van der Waals surface area contributed by atoms with Gasteiger partial charge in [-0.05, 0) is 48.9 Å². The van der Waals surface area contributed by atoms with E-state index in [9.17, 15) is 9.59 Å². The van der Waals surface area contributed by atoms with E-state index in [1.165, 1.54) is 0 Å². The average Bonchev–Trinajstić information content (AvgIpc) is 3.14. The number of halogens is 1. The van der Waals surface area contributed by atoms with Gasteiger partial charge in [0.25, 0.3) is 0 Å². The summed E-state index contributed by atoms with van der Waals surface area (Å²) in [6, 6.07) is 14.3. The van der Waals surface area contributed by atoms with Crippen LogP contribution in [-0.2, 0) is 4.74 Å². The zero-order valence-electron chi connectivity index (χ0n) is 14.8. The van der Waals surface area contributed by atoms with Crippen LogP contribution in [-0.4, -0.2) is 35.9 Å². The third kappa shape index (κ3) is 5.08. The lowest BCUT2D eigenvalue weighted by Gasteiger charge is -2.24. The summed E-state index contributed by atoms with van der Waals surface area (Å²) in [4.78, 5) is 25.9.